The fourth-order valence-electron chi connectivity index (χ4n) is 0.930. The predicted octanol–water partition coefficient (Wildman–Crippen LogP) is 1.77. The highest BCUT2D eigenvalue weighted by atomic mass is 16.3. The normalized spacial score (nSPS) is 13.0. The van der Waals surface area contributed by atoms with E-state index in [-0.39, 0.29) is 11.2 Å². The number of aliphatic hydroxyl groups excluding tert-OH is 1. The van der Waals surface area contributed by atoms with Gasteiger partial charge in [-0.25, -0.2) is 0 Å². The summed E-state index contributed by atoms with van der Waals surface area (Å²) < 4.78 is 0. The molecule has 74 valence electrons. The molecule has 0 spiro atoms. The SMILES string of the molecule is CC#CCCC(=O)C(O)C(C)(C)C. The molecule has 2 nitrogen and oxygen atoms in total. The topological polar surface area (TPSA) is 37.3 Å². The molecule has 0 aliphatic rings. The first kappa shape index (κ1) is 12.2. The summed E-state index contributed by atoms with van der Waals surface area (Å²) in [5.41, 5.74) is -0.364. The average molecular weight is 182 g/mol. The molecule has 2 heteroatoms. The molecule has 1 atom stereocenters. The number of aliphatic hydroxyl groups is 1. The van der Waals surface area contributed by atoms with Gasteiger partial charge in [0.05, 0.1) is 0 Å². The van der Waals surface area contributed by atoms with Crippen LogP contribution < -0.4 is 0 Å². The summed E-state index contributed by atoms with van der Waals surface area (Å²) in [6.45, 7) is 7.29. The van der Waals surface area contributed by atoms with Gasteiger partial charge in [0.2, 0.25) is 0 Å². The van der Waals surface area contributed by atoms with E-state index in [9.17, 15) is 9.90 Å². The van der Waals surface area contributed by atoms with Gasteiger partial charge in [0.1, 0.15) is 6.10 Å². The molecule has 0 heterocycles. The number of carbonyl (C=O) groups excluding carboxylic acids is 1. The van der Waals surface area contributed by atoms with Crippen LogP contribution in [0.15, 0.2) is 0 Å². The van der Waals surface area contributed by atoms with Crippen LogP contribution in [0, 0.1) is 17.3 Å². The van der Waals surface area contributed by atoms with Crippen LogP contribution in [0.5, 0.6) is 0 Å². The Morgan fingerprint density at radius 2 is 2.00 bits per heavy atom. The third-order valence-corrected chi connectivity index (χ3v) is 1.80. The lowest BCUT2D eigenvalue weighted by Gasteiger charge is -2.24. The van der Waals surface area contributed by atoms with Gasteiger partial charge in [-0.15, -0.1) is 11.8 Å². The van der Waals surface area contributed by atoms with Gasteiger partial charge in [-0.2, -0.15) is 0 Å². The molecule has 0 fully saturated rings. The van der Waals surface area contributed by atoms with E-state index in [1.165, 1.54) is 0 Å². The summed E-state index contributed by atoms with van der Waals surface area (Å²) in [7, 11) is 0. The van der Waals surface area contributed by atoms with Crippen molar-refractivity contribution in [2.75, 3.05) is 0 Å². The first-order valence-corrected chi connectivity index (χ1v) is 4.50. The van der Waals surface area contributed by atoms with Crippen LogP contribution in [0.25, 0.3) is 0 Å². The maximum absolute atomic E-state index is 11.3. The molecular formula is C11H18O2. The largest absolute Gasteiger partial charge is 0.385 e. The molecule has 0 aliphatic heterocycles. The van der Waals surface area contributed by atoms with Crippen LogP contribution in [0.2, 0.25) is 0 Å². The molecule has 0 aliphatic carbocycles. The monoisotopic (exact) mass is 182 g/mol. The average Bonchev–Trinajstić information content (AvgIpc) is 2.01. The van der Waals surface area contributed by atoms with Crippen LogP contribution in [0.4, 0.5) is 0 Å². The summed E-state index contributed by atoms with van der Waals surface area (Å²) in [4.78, 5) is 11.3. The number of hydrogen-bond donors (Lipinski definition) is 1. The van der Waals surface area contributed by atoms with E-state index in [2.05, 4.69) is 11.8 Å². The lowest BCUT2D eigenvalue weighted by molar-refractivity contribution is -0.132. The van der Waals surface area contributed by atoms with Crippen molar-refractivity contribution in [3.8, 4) is 11.8 Å². The molecule has 0 radical (unpaired) electrons. The van der Waals surface area contributed by atoms with Crippen molar-refractivity contribution in [2.24, 2.45) is 5.41 Å². The molecule has 0 saturated carbocycles. The van der Waals surface area contributed by atoms with Gasteiger partial charge in [0.25, 0.3) is 0 Å². The molecule has 13 heavy (non-hydrogen) atoms. The highest BCUT2D eigenvalue weighted by Crippen LogP contribution is 2.20. The Labute approximate surface area is 80.3 Å². The van der Waals surface area contributed by atoms with Gasteiger partial charge in [-0.3, -0.25) is 4.79 Å². The molecule has 1 N–H and O–H groups in total. The number of carbonyl (C=O) groups is 1. The third-order valence-electron chi connectivity index (χ3n) is 1.80. The Balaban J connectivity index is 4.02. The van der Waals surface area contributed by atoms with Gasteiger partial charge in [-0.1, -0.05) is 20.8 Å². The van der Waals surface area contributed by atoms with E-state index in [0.29, 0.717) is 12.8 Å². The second-order valence-corrected chi connectivity index (χ2v) is 4.16. The van der Waals surface area contributed by atoms with Crippen molar-refractivity contribution in [1.82, 2.24) is 0 Å². The number of rotatable bonds is 3. The molecule has 0 aromatic carbocycles. The van der Waals surface area contributed by atoms with E-state index in [1.54, 1.807) is 6.92 Å². The van der Waals surface area contributed by atoms with E-state index in [4.69, 9.17) is 0 Å². The molecule has 1 unspecified atom stereocenters. The third kappa shape index (κ3) is 4.69. The highest BCUT2D eigenvalue weighted by molar-refractivity contribution is 5.83. The zero-order valence-corrected chi connectivity index (χ0v) is 8.85. The Hall–Kier alpha value is -0.810. The first-order chi connectivity index (χ1) is 5.89. The van der Waals surface area contributed by atoms with Crippen LogP contribution in [-0.4, -0.2) is 17.0 Å². The summed E-state index contributed by atoms with van der Waals surface area (Å²) in [5, 5.41) is 9.56. The summed E-state index contributed by atoms with van der Waals surface area (Å²) >= 11 is 0. The quantitative estimate of drug-likeness (QED) is 0.675. The zero-order chi connectivity index (χ0) is 10.5. The summed E-state index contributed by atoms with van der Waals surface area (Å²) in [5.74, 6) is 5.40. The fraction of sp³-hybridized carbons (Fsp3) is 0.727. The van der Waals surface area contributed by atoms with E-state index in [0.717, 1.165) is 0 Å². The molecular weight excluding hydrogens is 164 g/mol. The van der Waals surface area contributed by atoms with Crippen LogP contribution >= 0.6 is 0 Å². The lowest BCUT2D eigenvalue weighted by atomic mass is 9.85. The smallest absolute Gasteiger partial charge is 0.162 e. The van der Waals surface area contributed by atoms with E-state index in [1.807, 2.05) is 20.8 Å². The van der Waals surface area contributed by atoms with Crippen LogP contribution in [0.1, 0.15) is 40.5 Å². The van der Waals surface area contributed by atoms with Crippen LogP contribution in [-0.2, 0) is 4.79 Å². The Morgan fingerprint density at radius 1 is 1.46 bits per heavy atom. The molecule has 0 saturated heterocycles. The molecule has 0 bridgehead atoms. The number of hydrogen-bond acceptors (Lipinski definition) is 2. The van der Waals surface area contributed by atoms with Crippen molar-refractivity contribution < 1.29 is 9.90 Å². The van der Waals surface area contributed by atoms with Gasteiger partial charge in [0.15, 0.2) is 5.78 Å². The Kier molecular flexibility index (Phi) is 4.72. The van der Waals surface area contributed by atoms with Gasteiger partial charge >= 0.3 is 0 Å². The summed E-state index contributed by atoms with van der Waals surface area (Å²) in [6, 6.07) is 0. The second kappa shape index (κ2) is 5.04. The minimum absolute atomic E-state index is 0.116. The lowest BCUT2D eigenvalue weighted by Crippen LogP contribution is -2.33. The van der Waals surface area contributed by atoms with Gasteiger partial charge in [-0.05, 0) is 12.3 Å². The fourth-order valence-corrected chi connectivity index (χ4v) is 0.930. The van der Waals surface area contributed by atoms with Gasteiger partial charge in [0, 0.05) is 12.8 Å². The van der Waals surface area contributed by atoms with Crippen molar-refractivity contribution in [3.63, 3.8) is 0 Å². The second-order valence-electron chi connectivity index (χ2n) is 4.16. The van der Waals surface area contributed by atoms with Crippen molar-refractivity contribution in [1.29, 1.82) is 0 Å². The molecule has 0 aromatic rings. The van der Waals surface area contributed by atoms with Crippen molar-refractivity contribution >= 4 is 5.78 Å². The maximum atomic E-state index is 11.3. The van der Waals surface area contributed by atoms with Crippen LogP contribution in [0.3, 0.4) is 0 Å². The van der Waals surface area contributed by atoms with Gasteiger partial charge < -0.3 is 5.11 Å². The Bertz CT molecular complexity index is 225. The number of Topliss-reactive ketones (excluding diaryl/α,β-unsaturated/α-hetero) is 1. The number of ketones is 1. The Morgan fingerprint density at radius 3 is 2.38 bits per heavy atom. The molecule has 0 rings (SSSR count). The zero-order valence-electron chi connectivity index (χ0n) is 8.85. The van der Waals surface area contributed by atoms with Crippen molar-refractivity contribution in [3.05, 3.63) is 0 Å². The minimum atomic E-state index is -0.869. The van der Waals surface area contributed by atoms with E-state index < -0.39 is 6.10 Å². The minimum Gasteiger partial charge on any atom is -0.385 e. The van der Waals surface area contributed by atoms with E-state index >= 15 is 0 Å². The standard InChI is InChI=1S/C11H18O2/c1-5-6-7-8-9(12)10(13)11(2,3)4/h10,13H,7-8H2,1-4H3. The summed E-state index contributed by atoms with van der Waals surface area (Å²) in [6.07, 6.45) is 0.0213. The highest BCUT2D eigenvalue weighted by Gasteiger charge is 2.27. The predicted molar refractivity (Wildman–Crippen MR) is 53.2 cm³/mol. The molecule has 0 amide bonds. The maximum Gasteiger partial charge on any atom is 0.162 e. The molecule has 0 aromatic heterocycles. The van der Waals surface area contributed by atoms with Crippen molar-refractivity contribution in [2.45, 2.75) is 46.6 Å². The first-order valence-electron chi connectivity index (χ1n) is 4.50.